The van der Waals surface area contributed by atoms with E-state index in [0.717, 1.165) is 11.1 Å². The number of rotatable bonds is 3. The average Bonchev–Trinajstić information content (AvgIpc) is 2.98. The minimum atomic E-state index is -0.401. The fourth-order valence-electron chi connectivity index (χ4n) is 2.29. The number of benzene rings is 2. The Kier molecular flexibility index (Phi) is 5.44. The summed E-state index contributed by atoms with van der Waals surface area (Å²) in [6, 6.07) is 12.4. The molecule has 2 aromatic carbocycles. The maximum absolute atomic E-state index is 12.2. The van der Waals surface area contributed by atoms with Gasteiger partial charge in [-0.15, -0.1) is 0 Å². The Hall–Kier alpha value is -2.57. The summed E-state index contributed by atoms with van der Waals surface area (Å²) in [5.41, 5.74) is 2.78. The highest BCUT2D eigenvalue weighted by molar-refractivity contribution is 8.18. The third-order valence-corrected chi connectivity index (χ3v) is 5.08. The molecule has 0 spiro atoms. The SMILES string of the molecule is COC(=O)c1ccc(C=C2SC(=Nc3cccc(C)c3Cl)NC2=O)cc1. The van der Waals surface area contributed by atoms with Crippen LogP contribution in [0.2, 0.25) is 5.02 Å². The molecule has 0 radical (unpaired) electrons. The van der Waals surface area contributed by atoms with Crippen LogP contribution in [0.15, 0.2) is 52.4 Å². The van der Waals surface area contributed by atoms with Gasteiger partial charge in [0.25, 0.3) is 5.91 Å². The lowest BCUT2D eigenvalue weighted by atomic mass is 10.1. The second-order valence-corrected chi connectivity index (χ2v) is 6.91. The molecule has 5 nitrogen and oxygen atoms in total. The number of amidine groups is 1. The molecule has 0 saturated carbocycles. The van der Waals surface area contributed by atoms with E-state index in [1.807, 2.05) is 19.1 Å². The van der Waals surface area contributed by atoms with Gasteiger partial charge in [0.2, 0.25) is 0 Å². The molecular weight excluding hydrogens is 372 g/mol. The van der Waals surface area contributed by atoms with E-state index in [0.29, 0.717) is 26.3 Å². The van der Waals surface area contributed by atoms with Crippen molar-refractivity contribution in [1.29, 1.82) is 0 Å². The van der Waals surface area contributed by atoms with Crippen molar-refractivity contribution in [3.05, 3.63) is 69.1 Å². The lowest BCUT2D eigenvalue weighted by Crippen LogP contribution is -2.19. The molecule has 0 unspecified atom stereocenters. The molecule has 1 heterocycles. The van der Waals surface area contributed by atoms with Crippen LogP contribution in [0.25, 0.3) is 6.08 Å². The van der Waals surface area contributed by atoms with Gasteiger partial charge in [-0.3, -0.25) is 4.79 Å². The zero-order valence-corrected chi connectivity index (χ0v) is 15.6. The summed E-state index contributed by atoms with van der Waals surface area (Å²) in [6.45, 7) is 1.90. The first-order chi connectivity index (χ1) is 12.5. The number of amides is 1. The number of methoxy groups -OCH3 is 1. The summed E-state index contributed by atoms with van der Waals surface area (Å²) in [7, 11) is 1.33. The number of aryl methyl sites for hydroxylation is 1. The highest BCUT2D eigenvalue weighted by Gasteiger charge is 2.24. The minimum Gasteiger partial charge on any atom is -0.465 e. The van der Waals surface area contributed by atoms with Crippen LogP contribution in [0, 0.1) is 6.92 Å². The number of aliphatic imine (C=N–C) groups is 1. The zero-order chi connectivity index (χ0) is 18.7. The molecule has 3 rings (SSSR count). The minimum absolute atomic E-state index is 0.227. The lowest BCUT2D eigenvalue weighted by Gasteiger charge is -2.02. The predicted octanol–water partition coefficient (Wildman–Crippen LogP) is 4.33. The lowest BCUT2D eigenvalue weighted by molar-refractivity contribution is -0.115. The first-order valence-electron chi connectivity index (χ1n) is 7.71. The second kappa shape index (κ2) is 7.76. The molecule has 1 aliphatic heterocycles. The van der Waals surface area contributed by atoms with E-state index < -0.39 is 5.97 Å². The fraction of sp³-hybridized carbons (Fsp3) is 0.105. The van der Waals surface area contributed by atoms with Gasteiger partial charge in [-0.05, 0) is 54.1 Å². The molecule has 0 atom stereocenters. The van der Waals surface area contributed by atoms with Gasteiger partial charge in [-0.1, -0.05) is 35.9 Å². The van der Waals surface area contributed by atoms with E-state index in [2.05, 4.69) is 15.0 Å². The van der Waals surface area contributed by atoms with Crippen molar-refractivity contribution in [3.63, 3.8) is 0 Å². The number of carbonyl (C=O) groups is 2. The second-order valence-electron chi connectivity index (χ2n) is 5.50. The van der Waals surface area contributed by atoms with Gasteiger partial charge >= 0.3 is 5.97 Å². The summed E-state index contributed by atoms with van der Waals surface area (Å²) < 4.78 is 4.67. The van der Waals surface area contributed by atoms with Crippen LogP contribution in [0.4, 0.5) is 5.69 Å². The van der Waals surface area contributed by atoms with Crippen LogP contribution >= 0.6 is 23.4 Å². The van der Waals surface area contributed by atoms with Gasteiger partial charge in [0.05, 0.1) is 28.3 Å². The van der Waals surface area contributed by atoms with Crippen molar-refractivity contribution in [3.8, 4) is 0 Å². The van der Waals surface area contributed by atoms with Gasteiger partial charge in [-0.25, -0.2) is 9.79 Å². The van der Waals surface area contributed by atoms with Crippen molar-refractivity contribution < 1.29 is 14.3 Å². The van der Waals surface area contributed by atoms with Crippen LogP contribution in [-0.4, -0.2) is 24.2 Å². The Labute approximate surface area is 160 Å². The van der Waals surface area contributed by atoms with Gasteiger partial charge in [0, 0.05) is 0 Å². The summed E-state index contributed by atoms with van der Waals surface area (Å²) in [6.07, 6.45) is 1.74. The van der Waals surface area contributed by atoms with Crippen LogP contribution in [-0.2, 0) is 9.53 Å². The number of hydrogen-bond donors (Lipinski definition) is 1. The smallest absolute Gasteiger partial charge is 0.337 e. The van der Waals surface area contributed by atoms with E-state index in [1.165, 1.54) is 18.9 Å². The Bertz CT molecular complexity index is 936. The standard InChI is InChI=1S/C19H15ClN2O3S/c1-11-4-3-5-14(16(11)20)21-19-22-17(23)15(26-19)10-12-6-8-13(9-7-12)18(24)25-2/h3-10H,1-2H3,(H,21,22,23). The van der Waals surface area contributed by atoms with Gasteiger partial charge in [0.15, 0.2) is 5.17 Å². The number of hydrogen-bond acceptors (Lipinski definition) is 5. The number of esters is 1. The zero-order valence-electron chi connectivity index (χ0n) is 14.1. The van der Waals surface area contributed by atoms with Crippen LogP contribution in [0.3, 0.4) is 0 Å². The van der Waals surface area contributed by atoms with Crippen LogP contribution in [0.5, 0.6) is 0 Å². The predicted molar refractivity (Wildman–Crippen MR) is 105 cm³/mol. The molecule has 1 aliphatic rings. The molecule has 2 aromatic rings. The normalized spacial score (nSPS) is 16.8. The highest BCUT2D eigenvalue weighted by Crippen LogP contribution is 2.32. The van der Waals surface area contributed by atoms with Gasteiger partial charge in [0.1, 0.15) is 0 Å². The van der Waals surface area contributed by atoms with Crippen LogP contribution < -0.4 is 5.32 Å². The number of ether oxygens (including phenoxy) is 1. The molecule has 1 N–H and O–H groups in total. The molecule has 0 bridgehead atoms. The summed E-state index contributed by atoms with van der Waals surface area (Å²) >= 11 is 7.48. The van der Waals surface area contributed by atoms with E-state index in [9.17, 15) is 9.59 Å². The van der Waals surface area contributed by atoms with E-state index in [4.69, 9.17) is 11.6 Å². The Balaban J connectivity index is 1.81. The van der Waals surface area contributed by atoms with E-state index >= 15 is 0 Å². The maximum Gasteiger partial charge on any atom is 0.337 e. The summed E-state index contributed by atoms with van der Waals surface area (Å²) in [5, 5.41) is 3.76. The molecule has 0 aliphatic carbocycles. The molecule has 1 amide bonds. The number of halogens is 1. The molecule has 26 heavy (non-hydrogen) atoms. The molecule has 1 fully saturated rings. The molecule has 7 heteroatoms. The molecular formula is C19H15ClN2O3S. The van der Waals surface area contributed by atoms with Crippen molar-refractivity contribution >= 4 is 52.2 Å². The largest absolute Gasteiger partial charge is 0.465 e. The van der Waals surface area contributed by atoms with Crippen molar-refractivity contribution in [1.82, 2.24) is 5.32 Å². The summed E-state index contributed by atoms with van der Waals surface area (Å²) in [4.78, 5) is 28.6. The van der Waals surface area contributed by atoms with Crippen molar-refractivity contribution in [2.45, 2.75) is 6.92 Å². The monoisotopic (exact) mass is 386 g/mol. The number of carbonyl (C=O) groups excluding carboxylic acids is 2. The Morgan fingerprint density at radius 2 is 1.96 bits per heavy atom. The topological polar surface area (TPSA) is 67.8 Å². The maximum atomic E-state index is 12.2. The quantitative estimate of drug-likeness (QED) is 0.629. The van der Waals surface area contributed by atoms with E-state index in [-0.39, 0.29) is 5.91 Å². The average molecular weight is 387 g/mol. The van der Waals surface area contributed by atoms with Crippen LogP contribution in [0.1, 0.15) is 21.5 Å². The Morgan fingerprint density at radius 3 is 2.65 bits per heavy atom. The molecule has 1 saturated heterocycles. The fourth-order valence-corrected chi connectivity index (χ4v) is 3.30. The third kappa shape index (κ3) is 3.98. The Morgan fingerprint density at radius 1 is 1.23 bits per heavy atom. The first kappa shape index (κ1) is 18.2. The van der Waals surface area contributed by atoms with Gasteiger partial charge < -0.3 is 10.1 Å². The summed E-state index contributed by atoms with van der Waals surface area (Å²) in [5.74, 6) is -0.629. The third-order valence-electron chi connectivity index (χ3n) is 3.67. The van der Waals surface area contributed by atoms with Crippen molar-refractivity contribution in [2.24, 2.45) is 4.99 Å². The number of nitrogens with zero attached hydrogens (tertiary/aromatic N) is 1. The number of nitrogens with one attached hydrogen (secondary N) is 1. The molecule has 0 aromatic heterocycles. The highest BCUT2D eigenvalue weighted by atomic mass is 35.5. The van der Waals surface area contributed by atoms with Gasteiger partial charge in [-0.2, -0.15) is 0 Å². The van der Waals surface area contributed by atoms with Crippen molar-refractivity contribution in [2.75, 3.05) is 7.11 Å². The first-order valence-corrected chi connectivity index (χ1v) is 8.90. The van der Waals surface area contributed by atoms with E-state index in [1.54, 1.807) is 36.4 Å². The number of thioether (sulfide) groups is 1. The molecule has 132 valence electrons.